The molecule has 0 unspecified atom stereocenters. The van der Waals surface area contributed by atoms with Crippen LogP contribution in [0.5, 0.6) is 11.5 Å². The number of fused-ring (bicyclic) bond motifs is 1. The molecule has 4 nitrogen and oxygen atoms in total. The molecule has 1 aliphatic rings. The van der Waals surface area contributed by atoms with E-state index in [4.69, 9.17) is 9.47 Å². The van der Waals surface area contributed by atoms with E-state index in [0.717, 1.165) is 0 Å². The summed E-state index contributed by atoms with van der Waals surface area (Å²) in [5, 5.41) is 0. The number of alkyl halides is 2. The zero-order chi connectivity index (χ0) is 11.5. The second-order valence-electron chi connectivity index (χ2n) is 3.11. The van der Waals surface area contributed by atoms with Crippen molar-refractivity contribution in [1.29, 1.82) is 0 Å². The van der Waals surface area contributed by atoms with Gasteiger partial charge in [-0.1, -0.05) is 0 Å². The Morgan fingerprint density at radius 2 is 2.06 bits per heavy atom. The molecule has 0 amide bonds. The first-order chi connectivity index (χ1) is 7.72. The minimum Gasteiger partial charge on any atom is -0.454 e. The normalized spacial score (nSPS) is 12.7. The molecule has 1 aromatic carbocycles. The summed E-state index contributed by atoms with van der Waals surface area (Å²) in [6, 6.07) is 2.62. The lowest BCUT2D eigenvalue weighted by Crippen LogP contribution is -1.94. The fourth-order valence-electron chi connectivity index (χ4n) is 1.46. The van der Waals surface area contributed by atoms with Crippen LogP contribution in [0.4, 0.5) is 8.78 Å². The summed E-state index contributed by atoms with van der Waals surface area (Å²) in [5.74, 6) is 0.676. The van der Waals surface area contributed by atoms with E-state index < -0.39 is 6.43 Å². The summed E-state index contributed by atoms with van der Waals surface area (Å²) >= 11 is 0. The monoisotopic (exact) mass is 227 g/mol. The third-order valence-corrected chi connectivity index (χ3v) is 2.18. The SMILES string of the molecule is O=C=NCc1cc2c(cc1C(F)F)OCO2. The minimum atomic E-state index is -2.65. The summed E-state index contributed by atoms with van der Waals surface area (Å²) in [5.41, 5.74) is 0.0332. The maximum absolute atomic E-state index is 12.7. The number of carbonyl (C=O) groups excluding carboxylic acids is 1. The Hall–Kier alpha value is -1.94. The highest BCUT2D eigenvalue weighted by Crippen LogP contribution is 2.38. The average Bonchev–Trinajstić information content (AvgIpc) is 2.71. The Morgan fingerprint density at radius 3 is 2.69 bits per heavy atom. The van der Waals surface area contributed by atoms with Crippen molar-refractivity contribution in [2.75, 3.05) is 6.79 Å². The summed E-state index contributed by atoms with van der Waals surface area (Å²) in [7, 11) is 0. The molecule has 2 rings (SSSR count). The summed E-state index contributed by atoms with van der Waals surface area (Å²) < 4.78 is 35.4. The van der Waals surface area contributed by atoms with E-state index in [0.29, 0.717) is 5.75 Å². The van der Waals surface area contributed by atoms with Gasteiger partial charge in [0.1, 0.15) is 0 Å². The average molecular weight is 227 g/mol. The highest BCUT2D eigenvalue weighted by molar-refractivity contribution is 5.49. The van der Waals surface area contributed by atoms with Crippen LogP contribution >= 0.6 is 0 Å². The lowest BCUT2D eigenvalue weighted by molar-refractivity contribution is 0.149. The predicted octanol–water partition coefficient (Wildman–Crippen LogP) is 2.19. The van der Waals surface area contributed by atoms with E-state index in [-0.39, 0.29) is 30.2 Å². The van der Waals surface area contributed by atoms with Crippen LogP contribution in [-0.4, -0.2) is 12.9 Å². The van der Waals surface area contributed by atoms with Crippen LogP contribution in [-0.2, 0) is 11.3 Å². The number of benzene rings is 1. The van der Waals surface area contributed by atoms with Crippen LogP contribution in [0.15, 0.2) is 17.1 Å². The zero-order valence-corrected chi connectivity index (χ0v) is 8.07. The molecule has 6 heteroatoms. The van der Waals surface area contributed by atoms with Crippen LogP contribution < -0.4 is 9.47 Å². The van der Waals surface area contributed by atoms with Gasteiger partial charge in [-0.15, -0.1) is 0 Å². The van der Waals surface area contributed by atoms with E-state index in [1.807, 2.05) is 0 Å². The van der Waals surface area contributed by atoms with Gasteiger partial charge in [0.2, 0.25) is 12.9 Å². The molecule has 0 radical (unpaired) electrons. The van der Waals surface area contributed by atoms with Crippen LogP contribution in [0.3, 0.4) is 0 Å². The van der Waals surface area contributed by atoms with Gasteiger partial charge in [0, 0.05) is 5.56 Å². The first-order valence-corrected chi connectivity index (χ1v) is 4.46. The van der Waals surface area contributed by atoms with Gasteiger partial charge < -0.3 is 9.47 Å². The molecule has 1 aliphatic heterocycles. The van der Waals surface area contributed by atoms with Crippen molar-refractivity contribution in [1.82, 2.24) is 0 Å². The second kappa shape index (κ2) is 4.28. The molecule has 0 fully saturated rings. The number of halogens is 2. The maximum Gasteiger partial charge on any atom is 0.264 e. The Balaban J connectivity index is 2.44. The highest BCUT2D eigenvalue weighted by atomic mass is 19.3. The Labute approximate surface area is 89.5 Å². The van der Waals surface area contributed by atoms with Crippen molar-refractivity contribution in [3.63, 3.8) is 0 Å². The third kappa shape index (κ3) is 1.87. The third-order valence-electron chi connectivity index (χ3n) is 2.18. The molecular formula is C10H7F2NO3. The van der Waals surface area contributed by atoms with Crippen molar-refractivity contribution in [3.05, 3.63) is 23.3 Å². The fraction of sp³-hybridized carbons (Fsp3) is 0.300. The molecule has 84 valence electrons. The van der Waals surface area contributed by atoms with Crippen molar-refractivity contribution >= 4 is 6.08 Å². The smallest absolute Gasteiger partial charge is 0.264 e. The predicted molar refractivity (Wildman–Crippen MR) is 49.3 cm³/mol. The molecule has 0 atom stereocenters. The molecule has 0 aromatic heterocycles. The number of aliphatic imine (C=N–C) groups is 1. The second-order valence-corrected chi connectivity index (χ2v) is 3.11. The Morgan fingerprint density at radius 1 is 1.38 bits per heavy atom. The topological polar surface area (TPSA) is 47.9 Å². The van der Waals surface area contributed by atoms with E-state index in [9.17, 15) is 13.6 Å². The molecule has 0 saturated heterocycles. The van der Waals surface area contributed by atoms with Gasteiger partial charge in [-0.3, -0.25) is 0 Å². The maximum atomic E-state index is 12.7. The largest absolute Gasteiger partial charge is 0.454 e. The standard InChI is InChI=1S/C10H7F2NO3/c11-10(12)7-2-9-8(15-5-16-9)1-6(7)3-13-4-14/h1-2,10H,3,5H2. The number of nitrogens with zero attached hydrogens (tertiary/aromatic N) is 1. The van der Waals surface area contributed by atoms with Gasteiger partial charge in [0.05, 0.1) is 6.54 Å². The quantitative estimate of drug-likeness (QED) is 0.587. The number of rotatable bonds is 3. The van der Waals surface area contributed by atoms with Gasteiger partial charge in [-0.2, -0.15) is 0 Å². The van der Waals surface area contributed by atoms with Crippen molar-refractivity contribution < 1.29 is 23.0 Å². The Bertz CT molecular complexity index is 456. The fourth-order valence-corrected chi connectivity index (χ4v) is 1.46. The number of isocyanates is 1. The molecular weight excluding hydrogens is 220 g/mol. The summed E-state index contributed by atoms with van der Waals surface area (Å²) in [6.45, 7) is -0.127. The first kappa shape index (κ1) is 10.6. The summed E-state index contributed by atoms with van der Waals surface area (Å²) in [6.07, 6.45) is -1.34. The molecule has 0 spiro atoms. The van der Waals surface area contributed by atoms with Crippen LogP contribution in [0.2, 0.25) is 0 Å². The molecule has 1 heterocycles. The van der Waals surface area contributed by atoms with Crippen LogP contribution in [0.1, 0.15) is 17.6 Å². The molecule has 0 bridgehead atoms. The minimum absolute atomic E-state index is 0.0123. The number of hydrogen-bond donors (Lipinski definition) is 0. The molecule has 0 N–H and O–H groups in total. The molecule has 16 heavy (non-hydrogen) atoms. The van der Waals surface area contributed by atoms with E-state index >= 15 is 0 Å². The number of hydrogen-bond acceptors (Lipinski definition) is 4. The van der Waals surface area contributed by atoms with Gasteiger partial charge in [0.25, 0.3) is 6.43 Å². The molecule has 1 aromatic rings. The van der Waals surface area contributed by atoms with Crippen LogP contribution in [0.25, 0.3) is 0 Å². The molecule has 0 saturated carbocycles. The van der Waals surface area contributed by atoms with Crippen molar-refractivity contribution in [2.24, 2.45) is 4.99 Å². The lowest BCUT2D eigenvalue weighted by Gasteiger charge is -2.07. The highest BCUT2D eigenvalue weighted by Gasteiger charge is 2.21. The van der Waals surface area contributed by atoms with Gasteiger partial charge >= 0.3 is 0 Å². The van der Waals surface area contributed by atoms with E-state index in [1.165, 1.54) is 18.2 Å². The Kier molecular flexibility index (Phi) is 2.83. The zero-order valence-electron chi connectivity index (χ0n) is 8.07. The van der Waals surface area contributed by atoms with E-state index in [1.54, 1.807) is 0 Å². The molecule has 0 aliphatic carbocycles. The van der Waals surface area contributed by atoms with Gasteiger partial charge in [0.15, 0.2) is 11.5 Å². The van der Waals surface area contributed by atoms with Crippen molar-refractivity contribution in [2.45, 2.75) is 13.0 Å². The number of ether oxygens (including phenoxy) is 2. The van der Waals surface area contributed by atoms with E-state index in [2.05, 4.69) is 4.99 Å². The lowest BCUT2D eigenvalue weighted by atomic mass is 10.1. The van der Waals surface area contributed by atoms with Crippen molar-refractivity contribution in [3.8, 4) is 11.5 Å². The van der Waals surface area contributed by atoms with Gasteiger partial charge in [-0.25, -0.2) is 18.6 Å². The first-order valence-electron chi connectivity index (χ1n) is 4.46. The van der Waals surface area contributed by atoms with Crippen LogP contribution in [0, 0.1) is 0 Å². The summed E-state index contributed by atoms with van der Waals surface area (Å²) in [4.78, 5) is 13.2. The van der Waals surface area contributed by atoms with Gasteiger partial charge in [-0.05, 0) is 17.7 Å².